The number of rotatable bonds is 4. The second-order valence-electron chi connectivity index (χ2n) is 6.15. The van der Waals surface area contributed by atoms with Crippen LogP contribution in [0.2, 0.25) is 0 Å². The second-order valence-corrected chi connectivity index (χ2v) is 6.15. The Hall–Kier alpha value is -1.30. The van der Waals surface area contributed by atoms with E-state index in [0.717, 1.165) is 19.5 Å². The van der Waals surface area contributed by atoms with E-state index in [9.17, 15) is 9.59 Å². The molecule has 19 heavy (non-hydrogen) atoms. The molecule has 2 amide bonds. The van der Waals surface area contributed by atoms with Gasteiger partial charge in [0.05, 0.1) is 5.41 Å². The molecule has 110 valence electrons. The van der Waals surface area contributed by atoms with Gasteiger partial charge in [-0.15, -0.1) is 0 Å². The van der Waals surface area contributed by atoms with Crippen molar-refractivity contribution in [3.63, 3.8) is 0 Å². The van der Waals surface area contributed by atoms with E-state index in [0.29, 0.717) is 5.92 Å². The van der Waals surface area contributed by atoms with Crippen molar-refractivity contribution in [2.24, 2.45) is 11.3 Å². The summed E-state index contributed by atoms with van der Waals surface area (Å²) < 4.78 is 0. The zero-order valence-corrected chi connectivity index (χ0v) is 12.2. The molecule has 1 fully saturated rings. The molecule has 0 aromatic carbocycles. The lowest BCUT2D eigenvalue weighted by Crippen LogP contribution is -2.52. The maximum absolute atomic E-state index is 11.8. The van der Waals surface area contributed by atoms with Crippen molar-refractivity contribution in [2.45, 2.75) is 33.2 Å². The minimum atomic E-state index is -0.949. The molecule has 1 aliphatic rings. The third kappa shape index (κ3) is 4.70. The molecule has 0 aliphatic carbocycles. The highest BCUT2D eigenvalue weighted by atomic mass is 16.4. The van der Waals surface area contributed by atoms with E-state index < -0.39 is 11.4 Å². The van der Waals surface area contributed by atoms with E-state index in [1.807, 2.05) is 0 Å². The van der Waals surface area contributed by atoms with Crippen LogP contribution in [-0.2, 0) is 4.79 Å². The Bertz CT molecular complexity index is 344. The Morgan fingerprint density at radius 3 is 2.58 bits per heavy atom. The quantitative estimate of drug-likeness (QED) is 0.704. The number of piperidine rings is 1. The summed E-state index contributed by atoms with van der Waals surface area (Å²) in [6.45, 7) is 7.35. The minimum Gasteiger partial charge on any atom is -0.481 e. The fraction of sp³-hybridized carbons (Fsp3) is 0.846. The van der Waals surface area contributed by atoms with Crippen LogP contribution < -0.4 is 10.6 Å². The van der Waals surface area contributed by atoms with Gasteiger partial charge in [0.15, 0.2) is 0 Å². The fourth-order valence-corrected chi connectivity index (χ4v) is 2.16. The Kier molecular flexibility index (Phi) is 5.17. The molecule has 1 heterocycles. The van der Waals surface area contributed by atoms with E-state index in [1.165, 1.54) is 0 Å². The normalized spacial score (nSPS) is 24.8. The van der Waals surface area contributed by atoms with E-state index >= 15 is 0 Å². The summed E-state index contributed by atoms with van der Waals surface area (Å²) in [4.78, 5) is 25.0. The van der Waals surface area contributed by atoms with Crippen molar-refractivity contribution in [2.75, 3.05) is 26.7 Å². The van der Waals surface area contributed by atoms with E-state index in [2.05, 4.69) is 29.5 Å². The largest absolute Gasteiger partial charge is 0.481 e. The molecule has 1 saturated heterocycles. The Balaban J connectivity index is 2.37. The molecule has 0 aromatic heterocycles. The molecule has 0 spiro atoms. The highest BCUT2D eigenvalue weighted by Crippen LogP contribution is 2.16. The molecule has 2 atom stereocenters. The summed E-state index contributed by atoms with van der Waals surface area (Å²) in [7, 11) is 2.07. The van der Waals surface area contributed by atoms with Crippen LogP contribution in [0.1, 0.15) is 27.2 Å². The number of carbonyl (C=O) groups is 2. The number of hydrogen-bond acceptors (Lipinski definition) is 3. The number of aliphatic carboxylic acids is 1. The highest BCUT2D eigenvalue weighted by molar-refractivity contribution is 5.77. The van der Waals surface area contributed by atoms with Crippen LogP contribution in [0.4, 0.5) is 4.79 Å². The summed E-state index contributed by atoms with van der Waals surface area (Å²) >= 11 is 0. The van der Waals surface area contributed by atoms with Crippen LogP contribution in [-0.4, -0.2) is 54.7 Å². The predicted molar refractivity (Wildman–Crippen MR) is 73.0 cm³/mol. The van der Waals surface area contributed by atoms with Crippen LogP contribution >= 0.6 is 0 Å². The first kappa shape index (κ1) is 15.8. The van der Waals surface area contributed by atoms with Crippen molar-refractivity contribution < 1.29 is 14.7 Å². The Labute approximate surface area is 114 Å². The van der Waals surface area contributed by atoms with Gasteiger partial charge in [-0.25, -0.2) is 4.79 Å². The van der Waals surface area contributed by atoms with Crippen molar-refractivity contribution in [3.8, 4) is 0 Å². The molecule has 0 aromatic rings. The molecule has 0 radical (unpaired) electrons. The van der Waals surface area contributed by atoms with E-state index in [-0.39, 0.29) is 18.6 Å². The maximum atomic E-state index is 11.8. The summed E-state index contributed by atoms with van der Waals surface area (Å²) in [5, 5.41) is 14.5. The van der Waals surface area contributed by atoms with Gasteiger partial charge in [-0.2, -0.15) is 0 Å². The van der Waals surface area contributed by atoms with Crippen molar-refractivity contribution >= 4 is 12.0 Å². The lowest BCUT2D eigenvalue weighted by Gasteiger charge is -2.35. The van der Waals surface area contributed by atoms with E-state index in [4.69, 9.17) is 5.11 Å². The lowest BCUT2D eigenvalue weighted by molar-refractivity contribution is -0.146. The van der Waals surface area contributed by atoms with Crippen LogP contribution in [0, 0.1) is 11.3 Å². The number of amides is 2. The molecule has 0 bridgehead atoms. The SMILES string of the molecule is CC1CN(C)CCC1NC(=O)NCC(C)(C)C(=O)O. The first-order valence-electron chi connectivity index (χ1n) is 6.68. The molecule has 1 aliphatic heterocycles. The molecule has 1 rings (SSSR count). The van der Waals surface area contributed by atoms with Crippen LogP contribution in [0.5, 0.6) is 0 Å². The van der Waals surface area contributed by atoms with Crippen LogP contribution in [0.15, 0.2) is 0 Å². The Morgan fingerprint density at radius 1 is 1.42 bits per heavy atom. The van der Waals surface area contributed by atoms with Gasteiger partial charge in [-0.05, 0) is 39.8 Å². The van der Waals surface area contributed by atoms with Crippen LogP contribution in [0.3, 0.4) is 0 Å². The molecule has 6 nitrogen and oxygen atoms in total. The highest BCUT2D eigenvalue weighted by Gasteiger charge is 2.29. The smallest absolute Gasteiger partial charge is 0.315 e. The van der Waals surface area contributed by atoms with Gasteiger partial charge >= 0.3 is 12.0 Å². The molecule has 0 saturated carbocycles. The first-order chi connectivity index (χ1) is 8.72. The maximum Gasteiger partial charge on any atom is 0.315 e. The zero-order valence-electron chi connectivity index (χ0n) is 12.2. The average molecular weight is 271 g/mol. The third-order valence-corrected chi connectivity index (χ3v) is 3.69. The number of nitrogens with one attached hydrogen (secondary N) is 2. The van der Waals surface area contributed by atoms with Gasteiger partial charge in [-0.3, -0.25) is 4.79 Å². The number of carboxylic acid groups (broad SMARTS) is 1. The van der Waals surface area contributed by atoms with Gasteiger partial charge in [0.1, 0.15) is 0 Å². The van der Waals surface area contributed by atoms with Crippen molar-refractivity contribution in [3.05, 3.63) is 0 Å². The van der Waals surface area contributed by atoms with Crippen LogP contribution in [0.25, 0.3) is 0 Å². The van der Waals surface area contributed by atoms with Crippen molar-refractivity contribution in [1.82, 2.24) is 15.5 Å². The average Bonchev–Trinajstić information content (AvgIpc) is 2.30. The molecule has 3 N–H and O–H groups in total. The molecular weight excluding hydrogens is 246 g/mol. The van der Waals surface area contributed by atoms with Gasteiger partial charge < -0.3 is 20.6 Å². The minimum absolute atomic E-state index is 0.120. The second kappa shape index (κ2) is 6.23. The van der Waals surface area contributed by atoms with Gasteiger partial charge in [-0.1, -0.05) is 6.92 Å². The molecule has 6 heteroatoms. The van der Waals surface area contributed by atoms with Gasteiger partial charge in [0, 0.05) is 19.1 Å². The van der Waals surface area contributed by atoms with Crippen molar-refractivity contribution in [1.29, 1.82) is 0 Å². The lowest BCUT2D eigenvalue weighted by atomic mass is 9.93. The topological polar surface area (TPSA) is 81.7 Å². The monoisotopic (exact) mass is 271 g/mol. The van der Waals surface area contributed by atoms with E-state index in [1.54, 1.807) is 13.8 Å². The summed E-state index contributed by atoms with van der Waals surface area (Å²) in [5.74, 6) is -0.516. The number of carbonyl (C=O) groups excluding carboxylic acids is 1. The number of nitrogens with zero attached hydrogens (tertiary/aromatic N) is 1. The summed E-state index contributed by atoms with van der Waals surface area (Å²) in [6, 6.07) is -0.125. The number of hydrogen-bond donors (Lipinski definition) is 3. The zero-order chi connectivity index (χ0) is 14.6. The number of carboxylic acids is 1. The molecule has 2 unspecified atom stereocenters. The summed E-state index contributed by atoms with van der Waals surface area (Å²) in [5.41, 5.74) is -0.949. The Morgan fingerprint density at radius 2 is 2.05 bits per heavy atom. The predicted octanol–water partition coefficient (Wildman–Crippen LogP) is 0.737. The first-order valence-corrected chi connectivity index (χ1v) is 6.68. The van der Waals surface area contributed by atoms with Gasteiger partial charge in [0.2, 0.25) is 0 Å². The molecular formula is C13H25N3O3. The third-order valence-electron chi connectivity index (χ3n) is 3.69. The fourth-order valence-electron chi connectivity index (χ4n) is 2.16. The summed E-state index contributed by atoms with van der Waals surface area (Å²) in [6.07, 6.45) is 0.924. The standard InChI is InChI=1S/C13H25N3O3/c1-9-7-16(4)6-5-10(9)15-12(19)14-8-13(2,3)11(17)18/h9-10H,5-8H2,1-4H3,(H,17,18)(H2,14,15,19). The van der Waals surface area contributed by atoms with Gasteiger partial charge in [0.25, 0.3) is 0 Å². The number of likely N-dealkylation sites (tertiary alicyclic amines) is 1. The number of urea groups is 1.